The largest absolute Gasteiger partial charge is 0.351 e. The summed E-state index contributed by atoms with van der Waals surface area (Å²) in [5.74, 6) is -2.92. The zero-order chi connectivity index (χ0) is 14.9. The minimum atomic E-state index is -0.879. The number of carbonyl (C=O) groups excluding carboxylic acids is 3. The SMILES string of the molecule is C=CCNC(=O)CN1C(=O)C(=O)c2cc(Cl)c(F)cc21. The molecule has 0 aliphatic carbocycles. The summed E-state index contributed by atoms with van der Waals surface area (Å²) < 4.78 is 13.4. The molecule has 0 spiro atoms. The molecule has 0 aromatic heterocycles. The van der Waals surface area contributed by atoms with Gasteiger partial charge in [-0.2, -0.15) is 0 Å². The Morgan fingerprint density at radius 2 is 2.15 bits per heavy atom. The van der Waals surface area contributed by atoms with E-state index in [4.69, 9.17) is 11.6 Å². The predicted octanol–water partition coefficient (Wildman–Crippen LogP) is 1.31. The van der Waals surface area contributed by atoms with Crippen molar-refractivity contribution in [2.24, 2.45) is 0 Å². The standard InChI is InChI=1S/C13H10ClFN2O3/c1-2-3-16-11(18)6-17-10-5-9(15)8(14)4-7(10)12(19)13(17)20/h2,4-5H,1,3,6H2,(H,16,18). The molecular formula is C13H10ClFN2O3. The van der Waals surface area contributed by atoms with Gasteiger partial charge in [0.15, 0.2) is 0 Å². The highest BCUT2D eigenvalue weighted by Gasteiger charge is 2.37. The quantitative estimate of drug-likeness (QED) is 0.673. The summed E-state index contributed by atoms with van der Waals surface area (Å²) in [6.45, 7) is 3.30. The lowest BCUT2D eigenvalue weighted by atomic mass is 10.1. The highest BCUT2D eigenvalue weighted by molar-refractivity contribution is 6.53. The van der Waals surface area contributed by atoms with E-state index in [1.54, 1.807) is 0 Å². The van der Waals surface area contributed by atoms with Crippen molar-refractivity contribution in [2.75, 3.05) is 18.0 Å². The summed E-state index contributed by atoms with van der Waals surface area (Å²) in [6.07, 6.45) is 1.47. The molecule has 0 unspecified atom stereocenters. The Balaban J connectivity index is 2.31. The van der Waals surface area contributed by atoms with Gasteiger partial charge in [-0.15, -0.1) is 6.58 Å². The van der Waals surface area contributed by atoms with E-state index in [2.05, 4.69) is 11.9 Å². The highest BCUT2D eigenvalue weighted by Crippen LogP contribution is 2.32. The molecule has 0 atom stereocenters. The van der Waals surface area contributed by atoms with Crippen LogP contribution < -0.4 is 10.2 Å². The van der Waals surface area contributed by atoms with Crippen LogP contribution in [0.3, 0.4) is 0 Å². The maximum absolute atomic E-state index is 13.4. The summed E-state index contributed by atoms with van der Waals surface area (Å²) in [4.78, 5) is 36.1. The van der Waals surface area contributed by atoms with Gasteiger partial charge in [-0.1, -0.05) is 17.7 Å². The van der Waals surface area contributed by atoms with E-state index in [1.165, 1.54) is 6.08 Å². The van der Waals surface area contributed by atoms with Gasteiger partial charge in [0.25, 0.3) is 11.7 Å². The van der Waals surface area contributed by atoms with Crippen LogP contribution in [0.5, 0.6) is 0 Å². The second-order valence-corrected chi connectivity index (χ2v) is 4.50. The van der Waals surface area contributed by atoms with Gasteiger partial charge in [-0.05, 0) is 12.1 Å². The third-order valence-corrected chi connectivity index (χ3v) is 3.05. The number of hydrogen-bond donors (Lipinski definition) is 1. The van der Waals surface area contributed by atoms with E-state index in [-0.39, 0.29) is 29.4 Å². The zero-order valence-corrected chi connectivity index (χ0v) is 11.0. The Labute approximate surface area is 119 Å². The van der Waals surface area contributed by atoms with Crippen molar-refractivity contribution in [1.29, 1.82) is 0 Å². The second kappa shape index (κ2) is 5.42. The van der Waals surface area contributed by atoms with E-state index in [1.807, 2.05) is 0 Å². The van der Waals surface area contributed by atoms with E-state index < -0.39 is 23.4 Å². The van der Waals surface area contributed by atoms with Gasteiger partial charge in [0.2, 0.25) is 5.91 Å². The van der Waals surface area contributed by atoms with Crippen LogP contribution in [0.2, 0.25) is 5.02 Å². The van der Waals surface area contributed by atoms with Crippen LogP contribution >= 0.6 is 11.6 Å². The van der Waals surface area contributed by atoms with E-state index >= 15 is 0 Å². The fraction of sp³-hybridized carbons (Fsp3) is 0.154. The first-order chi connectivity index (χ1) is 9.45. The van der Waals surface area contributed by atoms with Gasteiger partial charge in [0.05, 0.1) is 16.3 Å². The van der Waals surface area contributed by atoms with Crippen molar-refractivity contribution in [1.82, 2.24) is 5.32 Å². The highest BCUT2D eigenvalue weighted by atomic mass is 35.5. The van der Waals surface area contributed by atoms with Crippen LogP contribution in [-0.2, 0) is 9.59 Å². The van der Waals surface area contributed by atoms with Crippen molar-refractivity contribution >= 4 is 34.9 Å². The van der Waals surface area contributed by atoms with Crippen LogP contribution in [0.4, 0.5) is 10.1 Å². The van der Waals surface area contributed by atoms with Crippen LogP contribution in [0.25, 0.3) is 0 Å². The van der Waals surface area contributed by atoms with Crippen LogP contribution in [0, 0.1) is 5.82 Å². The lowest BCUT2D eigenvalue weighted by Crippen LogP contribution is -2.40. The molecule has 5 nitrogen and oxygen atoms in total. The second-order valence-electron chi connectivity index (χ2n) is 4.10. The van der Waals surface area contributed by atoms with E-state index in [0.717, 1.165) is 17.0 Å². The Hall–Kier alpha value is -2.21. The molecule has 104 valence electrons. The molecular weight excluding hydrogens is 287 g/mol. The Bertz CT molecular complexity index is 630. The zero-order valence-electron chi connectivity index (χ0n) is 10.3. The first kappa shape index (κ1) is 14.2. The maximum atomic E-state index is 13.4. The molecule has 0 bridgehead atoms. The van der Waals surface area contributed by atoms with Gasteiger partial charge in [-0.25, -0.2) is 4.39 Å². The van der Waals surface area contributed by atoms with Crippen LogP contribution in [-0.4, -0.2) is 30.7 Å². The van der Waals surface area contributed by atoms with E-state index in [9.17, 15) is 18.8 Å². The number of ketones is 1. The van der Waals surface area contributed by atoms with Crippen molar-refractivity contribution in [3.05, 3.63) is 41.2 Å². The van der Waals surface area contributed by atoms with Gasteiger partial charge in [0, 0.05) is 6.54 Å². The summed E-state index contributed by atoms with van der Waals surface area (Å²) in [6, 6.07) is 2.06. The number of halogens is 2. The van der Waals surface area contributed by atoms with Crippen molar-refractivity contribution < 1.29 is 18.8 Å². The number of benzene rings is 1. The molecule has 0 saturated carbocycles. The molecule has 1 N–H and O–H groups in total. The summed E-state index contributed by atoms with van der Waals surface area (Å²) in [5.41, 5.74) is 0.0496. The molecule has 1 heterocycles. The lowest BCUT2D eigenvalue weighted by Gasteiger charge is -2.15. The van der Waals surface area contributed by atoms with Crippen LogP contribution in [0.1, 0.15) is 10.4 Å². The monoisotopic (exact) mass is 296 g/mol. The molecule has 0 fully saturated rings. The topological polar surface area (TPSA) is 66.5 Å². The number of hydrogen-bond acceptors (Lipinski definition) is 3. The van der Waals surface area contributed by atoms with Crippen molar-refractivity contribution in [3.8, 4) is 0 Å². The molecule has 2 amide bonds. The van der Waals surface area contributed by atoms with Crippen molar-refractivity contribution in [3.63, 3.8) is 0 Å². The lowest BCUT2D eigenvalue weighted by molar-refractivity contribution is -0.122. The molecule has 1 aliphatic rings. The smallest absolute Gasteiger partial charge is 0.299 e. The number of amides is 2. The first-order valence-electron chi connectivity index (χ1n) is 5.68. The number of nitrogens with one attached hydrogen (secondary N) is 1. The van der Waals surface area contributed by atoms with Gasteiger partial charge < -0.3 is 5.32 Å². The third-order valence-electron chi connectivity index (χ3n) is 2.76. The van der Waals surface area contributed by atoms with Gasteiger partial charge in [0.1, 0.15) is 12.4 Å². The summed E-state index contributed by atoms with van der Waals surface area (Å²) in [5, 5.41) is 2.22. The first-order valence-corrected chi connectivity index (χ1v) is 6.06. The Morgan fingerprint density at radius 3 is 2.80 bits per heavy atom. The molecule has 20 heavy (non-hydrogen) atoms. The van der Waals surface area contributed by atoms with Gasteiger partial charge in [-0.3, -0.25) is 19.3 Å². The number of nitrogens with zero attached hydrogens (tertiary/aromatic N) is 1. The predicted molar refractivity (Wildman–Crippen MR) is 71.3 cm³/mol. The number of carbonyl (C=O) groups is 3. The number of Topliss-reactive ketones (excluding diaryl/α,β-unsaturated/α-hetero) is 1. The van der Waals surface area contributed by atoms with Crippen molar-refractivity contribution in [2.45, 2.75) is 0 Å². The molecule has 7 heteroatoms. The summed E-state index contributed by atoms with van der Waals surface area (Å²) in [7, 11) is 0. The third kappa shape index (κ3) is 2.42. The van der Waals surface area contributed by atoms with E-state index in [0.29, 0.717) is 0 Å². The molecule has 1 aromatic rings. The average Bonchev–Trinajstić information content (AvgIpc) is 2.63. The molecule has 1 aliphatic heterocycles. The Kier molecular flexibility index (Phi) is 3.85. The molecule has 1 aromatic carbocycles. The summed E-state index contributed by atoms with van der Waals surface area (Å²) >= 11 is 5.58. The molecule has 2 rings (SSSR count). The Morgan fingerprint density at radius 1 is 1.45 bits per heavy atom. The van der Waals surface area contributed by atoms with Gasteiger partial charge >= 0.3 is 0 Å². The molecule has 0 saturated heterocycles. The minimum absolute atomic E-state index is 0.00193. The average molecular weight is 297 g/mol. The normalized spacial score (nSPS) is 13.4. The fourth-order valence-electron chi connectivity index (χ4n) is 1.83. The minimum Gasteiger partial charge on any atom is -0.351 e. The fourth-order valence-corrected chi connectivity index (χ4v) is 1.99. The molecule has 0 radical (unpaired) electrons. The number of rotatable bonds is 4. The number of fused-ring (bicyclic) bond motifs is 1. The number of anilines is 1. The maximum Gasteiger partial charge on any atom is 0.299 e. The van der Waals surface area contributed by atoms with Crippen LogP contribution in [0.15, 0.2) is 24.8 Å².